The van der Waals surface area contributed by atoms with Gasteiger partial charge in [-0.25, -0.2) is 0 Å². The summed E-state index contributed by atoms with van der Waals surface area (Å²) in [5.41, 5.74) is 5.33. The first kappa shape index (κ1) is 14.6. The van der Waals surface area contributed by atoms with Crippen molar-refractivity contribution in [2.75, 3.05) is 5.32 Å². The molecule has 1 amide bonds. The topological polar surface area (TPSA) is 80.9 Å². The second kappa shape index (κ2) is 7.09. The molecule has 0 spiro atoms. The van der Waals surface area contributed by atoms with Crippen LogP contribution in [0.4, 0.5) is 5.13 Å². The molecule has 0 saturated heterocycles. The van der Waals surface area contributed by atoms with Crippen LogP contribution >= 0.6 is 23.1 Å². The molecule has 1 aromatic heterocycles. The van der Waals surface area contributed by atoms with E-state index in [9.17, 15) is 4.79 Å². The zero-order chi connectivity index (χ0) is 13.7. The van der Waals surface area contributed by atoms with Crippen LogP contribution in [0.3, 0.4) is 0 Å². The molecule has 0 aromatic carbocycles. The van der Waals surface area contributed by atoms with E-state index in [0.29, 0.717) is 12.5 Å². The molecular weight excluding hydrogens is 280 g/mol. The number of rotatable bonds is 6. The van der Waals surface area contributed by atoms with Crippen molar-refractivity contribution >= 4 is 34.1 Å². The van der Waals surface area contributed by atoms with Gasteiger partial charge in [0.15, 0.2) is 4.34 Å². The molecule has 1 aromatic rings. The number of nitrogens with one attached hydrogen (secondary N) is 1. The van der Waals surface area contributed by atoms with E-state index in [2.05, 4.69) is 15.5 Å². The zero-order valence-electron chi connectivity index (χ0n) is 11.1. The predicted molar refractivity (Wildman–Crippen MR) is 79.5 cm³/mol. The summed E-state index contributed by atoms with van der Waals surface area (Å²) in [5, 5.41) is 12.3. The van der Waals surface area contributed by atoms with Crippen LogP contribution in [0, 0.1) is 0 Å². The Hall–Kier alpha value is -0.820. The summed E-state index contributed by atoms with van der Waals surface area (Å²) in [6.07, 6.45) is 7.05. The van der Waals surface area contributed by atoms with Gasteiger partial charge in [-0.1, -0.05) is 49.3 Å². The Morgan fingerprint density at radius 1 is 1.47 bits per heavy atom. The molecule has 1 saturated carbocycles. The van der Waals surface area contributed by atoms with E-state index in [0.717, 1.165) is 9.47 Å². The Morgan fingerprint density at radius 2 is 2.21 bits per heavy atom. The Kier molecular flexibility index (Phi) is 5.45. The number of nitrogens with zero attached hydrogens (tertiary/aromatic N) is 2. The highest BCUT2D eigenvalue weighted by atomic mass is 32.2. The fourth-order valence-electron chi connectivity index (χ4n) is 2.20. The van der Waals surface area contributed by atoms with Crippen LogP contribution in [0.15, 0.2) is 4.34 Å². The minimum atomic E-state index is -0.288. The van der Waals surface area contributed by atoms with Crippen molar-refractivity contribution in [3.8, 4) is 0 Å². The first-order valence-corrected chi connectivity index (χ1v) is 8.44. The van der Waals surface area contributed by atoms with Crippen molar-refractivity contribution in [1.29, 1.82) is 0 Å². The number of carbonyl (C=O) groups is 1. The van der Waals surface area contributed by atoms with Gasteiger partial charge in [0.25, 0.3) is 0 Å². The van der Waals surface area contributed by atoms with Crippen molar-refractivity contribution in [3.63, 3.8) is 0 Å². The lowest BCUT2D eigenvalue weighted by atomic mass is 9.96. The molecular formula is C12H20N4OS2. The fourth-order valence-corrected chi connectivity index (χ4v) is 4.15. The van der Waals surface area contributed by atoms with Crippen molar-refractivity contribution in [2.45, 2.75) is 61.1 Å². The van der Waals surface area contributed by atoms with Gasteiger partial charge >= 0.3 is 0 Å². The zero-order valence-corrected chi connectivity index (χ0v) is 12.7. The highest BCUT2D eigenvalue weighted by molar-refractivity contribution is 8.02. The van der Waals surface area contributed by atoms with Gasteiger partial charge in [-0.05, 0) is 19.3 Å². The molecule has 106 valence electrons. The van der Waals surface area contributed by atoms with E-state index in [4.69, 9.17) is 5.73 Å². The number of anilines is 1. The minimum Gasteiger partial charge on any atom is -0.369 e. The van der Waals surface area contributed by atoms with E-state index in [-0.39, 0.29) is 11.2 Å². The van der Waals surface area contributed by atoms with Crippen molar-refractivity contribution in [1.82, 2.24) is 10.2 Å². The number of nitrogens with two attached hydrogens (primary N) is 1. The molecule has 0 radical (unpaired) electrons. The summed E-state index contributed by atoms with van der Waals surface area (Å²) in [6.45, 7) is 1.95. The Bertz CT molecular complexity index is 418. The Morgan fingerprint density at radius 3 is 2.84 bits per heavy atom. The molecule has 1 heterocycles. The van der Waals surface area contributed by atoms with Gasteiger partial charge < -0.3 is 11.1 Å². The second-order valence-electron chi connectivity index (χ2n) is 4.77. The largest absolute Gasteiger partial charge is 0.369 e. The van der Waals surface area contributed by atoms with Gasteiger partial charge in [0.1, 0.15) is 0 Å². The third-order valence-electron chi connectivity index (χ3n) is 3.27. The smallest absolute Gasteiger partial charge is 0.230 e. The van der Waals surface area contributed by atoms with Crippen LogP contribution in [0.25, 0.3) is 0 Å². The quantitative estimate of drug-likeness (QED) is 0.789. The highest BCUT2D eigenvalue weighted by Gasteiger charge is 2.19. The van der Waals surface area contributed by atoms with Crippen LogP contribution in [-0.4, -0.2) is 27.4 Å². The third kappa shape index (κ3) is 4.35. The Labute approximate surface area is 121 Å². The van der Waals surface area contributed by atoms with Crippen LogP contribution in [0.2, 0.25) is 0 Å². The summed E-state index contributed by atoms with van der Waals surface area (Å²) in [7, 11) is 0. The lowest BCUT2D eigenvalue weighted by molar-refractivity contribution is -0.117. The van der Waals surface area contributed by atoms with Crippen LogP contribution in [0.5, 0.6) is 0 Å². The van der Waals surface area contributed by atoms with E-state index in [1.807, 2.05) is 6.92 Å². The monoisotopic (exact) mass is 300 g/mol. The first-order chi connectivity index (χ1) is 9.19. The minimum absolute atomic E-state index is 0.213. The van der Waals surface area contributed by atoms with Crippen LogP contribution in [-0.2, 0) is 4.79 Å². The number of aromatic nitrogens is 2. The van der Waals surface area contributed by atoms with Gasteiger partial charge in [-0.3, -0.25) is 4.79 Å². The molecule has 1 fully saturated rings. The standard InChI is InChI=1S/C12H20N4OS2/c1-2-9(10(13)17)18-12-16-15-11(19-12)14-8-6-4-3-5-7-8/h8-9H,2-7H2,1H3,(H2,13,17)(H,14,15). The average Bonchev–Trinajstić information content (AvgIpc) is 2.84. The fraction of sp³-hybridized carbons (Fsp3) is 0.750. The maximum atomic E-state index is 11.2. The molecule has 3 N–H and O–H groups in total. The van der Waals surface area contributed by atoms with Crippen LogP contribution < -0.4 is 11.1 Å². The normalized spacial score (nSPS) is 18.2. The van der Waals surface area contributed by atoms with Crippen LogP contribution in [0.1, 0.15) is 45.4 Å². The number of hydrogen-bond donors (Lipinski definition) is 2. The molecule has 1 aliphatic rings. The average molecular weight is 300 g/mol. The van der Waals surface area contributed by atoms with E-state index in [1.54, 1.807) is 0 Å². The summed E-state index contributed by atoms with van der Waals surface area (Å²) in [5.74, 6) is -0.288. The predicted octanol–water partition coefficient (Wildman–Crippen LogP) is 2.64. The molecule has 0 bridgehead atoms. The lowest BCUT2D eigenvalue weighted by Gasteiger charge is -2.21. The molecule has 0 aliphatic heterocycles. The summed E-state index contributed by atoms with van der Waals surface area (Å²) < 4.78 is 0.809. The summed E-state index contributed by atoms with van der Waals surface area (Å²) >= 11 is 2.92. The number of thioether (sulfide) groups is 1. The molecule has 1 aliphatic carbocycles. The number of amides is 1. The Balaban J connectivity index is 1.89. The first-order valence-electron chi connectivity index (χ1n) is 6.75. The maximum Gasteiger partial charge on any atom is 0.230 e. The van der Waals surface area contributed by atoms with Gasteiger partial charge in [0, 0.05) is 6.04 Å². The van der Waals surface area contributed by atoms with Gasteiger partial charge in [-0.2, -0.15) is 0 Å². The number of hydrogen-bond acceptors (Lipinski definition) is 6. The second-order valence-corrected chi connectivity index (χ2v) is 7.20. The van der Waals surface area contributed by atoms with Crippen molar-refractivity contribution in [3.05, 3.63) is 0 Å². The molecule has 2 rings (SSSR count). The van der Waals surface area contributed by atoms with Crippen molar-refractivity contribution < 1.29 is 4.79 Å². The lowest BCUT2D eigenvalue weighted by Crippen LogP contribution is -2.24. The molecule has 1 unspecified atom stereocenters. The van der Waals surface area contributed by atoms with Gasteiger partial charge in [0.05, 0.1) is 5.25 Å². The van der Waals surface area contributed by atoms with E-state index in [1.165, 1.54) is 55.2 Å². The molecule has 1 atom stereocenters. The number of carbonyl (C=O) groups excluding carboxylic acids is 1. The van der Waals surface area contributed by atoms with Gasteiger partial charge in [0.2, 0.25) is 11.0 Å². The van der Waals surface area contributed by atoms with Gasteiger partial charge in [-0.15, -0.1) is 10.2 Å². The van der Waals surface area contributed by atoms with E-state index < -0.39 is 0 Å². The number of primary amides is 1. The summed E-state index contributed by atoms with van der Waals surface area (Å²) in [6, 6.07) is 0.526. The van der Waals surface area contributed by atoms with E-state index >= 15 is 0 Å². The third-order valence-corrected chi connectivity index (χ3v) is 5.59. The SMILES string of the molecule is CCC(Sc1nnc(NC2CCCCC2)s1)C(N)=O. The summed E-state index contributed by atoms with van der Waals surface area (Å²) in [4.78, 5) is 11.2. The highest BCUT2D eigenvalue weighted by Crippen LogP contribution is 2.31. The molecule has 5 nitrogen and oxygen atoms in total. The maximum absolute atomic E-state index is 11.2. The molecule has 7 heteroatoms. The van der Waals surface area contributed by atoms with Crippen molar-refractivity contribution in [2.24, 2.45) is 5.73 Å². The molecule has 19 heavy (non-hydrogen) atoms.